The van der Waals surface area contributed by atoms with Crippen molar-refractivity contribution in [3.63, 3.8) is 0 Å². The number of fused-ring (bicyclic) bond motifs is 3. The number of aromatic nitrogens is 2. The average Bonchev–Trinajstić information content (AvgIpc) is 2.39. The number of hydrogen-bond acceptors (Lipinski definition) is 2. The highest BCUT2D eigenvalue weighted by atomic mass is 16.1. The third-order valence-corrected chi connectivity index (χ3v) is 2.83. The van der Waals surface area contributed by atoms with Crippen molar-refractivity contribution in [1.29, 1.82) is 0 Å². The lowest BCUT2D eigenvalue weighted by atomic mass is 10.1. The fraction of sp³-hybridized carbons (Fsp3) is 0.0769. The van der Waals surface area contributed by atoms with E-state index in [1.807, 2.05) is 34.9 Å². The molecule has 4 heterocycles. The van der Waals surface area contributed by atoms with Crippen LogP contribution in [0.15, 0.2) is 42.7 Å². The van der Waals surface area contributed by atoms with Gasteiger partial charge in [-0.1, -0.05) is 6.07 Å². The third-order valence-electron chi connectivity index (χ3n) is 2.83. The van der Waals surface area contributed by atoms with Crippen molar-refractivity contribution >= 4 is 11.4 Å². The summed E-state index contributed by atoms with van der Waals surface area (Å²) in [6, 6.07) is 9.45. The van der Waals surface area contributed by atoms with Crippen LogP contribution in [0, 0.1) is 0 Å². The molecule has 2 aliphatic rings. The summed E-state index contributed by atoms with van der Waals surface area (Å²) in [5, 5.41) is 0. The van der Waals surface area contributed by atoms with Crippen LogP contribution in [-0.4, -0.2) is 15.3 Å². The van der Waals surface area contributed by atoms with E-state index in [4.69, 9.17) is 5.73 Å². The number of amides is 1. The molecule has 2 aliphatic heterocycles. The summed E-state index contributed by atoms with van der Waals surface area (Å²) in [6.45, 7) is 0. The first-order valence-electron chi connectivity index (χ1n) is 5.38. The molecular formula is C13H11N3O. The minimum atomic E-state index is -0.424. The second kappa shape index (κ2) is 3.59. The monoisotopic (exact) mass is 225 g/mol. The Hall–Kier alpha value is -2.36. The predicted molar refractivity (Wildman–Crippen MR) is 64.1 cm³/mol. The predicted octanol–water partition coefficient (Wildman–Crippen LogP) is 1.46. The van der Waals surface area contributed by atoms with Gasteiger partial charge in [-0.15, -0.1) is 0 Å². The van der Waals surface area contributed by atoms with E-state index < -0.39 is 5.91 Å². The molecular weight excluding hydrogens is 214 g/mol. The van der Waals surface area contributed by atoms with Gasteiger partial charge in [0.1, 0.15) is 0 Å². The molecule has 2 aromatic heterocycles. The van der Waals surface area contributed by atoms with Gasteiger partial charge in [0.15, 0.2) is 0 Å². The second-order valence-corrected chi connectivity index (χ2v) is 4.00. The van der Waals surface area contributed by atoms with Crippen LogP contribution in [0.5, 0.6) is 0 Å². The molecule has 0 saturated heterocycles. The number of nitrogens with zero attached hydrogens (tertiary/aromatic N) is 2. The Morgan fingerprint density at radius 2 is 2.12 bits per heavy atom. The zero-order chi connectivity index (χ0) is 11.8. The van der Waals surface area contributed by atoms with E-state index in [0.717, 1.165) is 23.3 Å². The largest absolute Gasteiger partial charge is 0.366 e. The fourth-order valence-corrected chi connectivity index (χ4v) is 1.92. The van der Waals surface area contributed by atoms with Gasteiger partial charge in [0.05, 0.1) is 16.8 Å². The van der Waals surface area contributed by atoms with Crippen LogP contribution in [0.25, 0.3) is 5.52 Å². The molecule has 0 unspecified atom stereocenters. The lowest BCUT2D eigenvalue weighted by Gasteiger charge is -2.11. The molecule has 0 aromatic carbocycles. The van der Waals surface area contributed by atoms with E-state index in [1.165, 1.54) is 0 Å². The number of carbonyl (C=O) groups is 1. The van der Waals surface area contributed by atoms with Crippen LogP contribution >= 0.6 is 0 Å². The average molecular weight is 225 g/mol. The van der Waals surface area contributed by atoms with E-state index in [1.54, 1.807) is 12.3 Å². The summed E-state index contributed by atoms with van der Waals surface area (Å²) >= 11 is 0. The molecule has 2 N–H and O–H groups in total. The molecule has 1 amide bonds. The maximum absolute atomic E-state index is 11.1. The van der Waals surface area contributed by atoms with Crippen LogP contribution in [-0.2, 0) is 6.42 Å². The van der Waals surface area contributed by atoms with Crippen molar-refractivity contribution in [1.82, 2.24) is 9.38 Å². The van der Waals surface area contributed by atoms with Gasteiger partial charge >= 0.3 is 0 Å². The molecule has 84 valence electrons. The van der Waals surface area contributed by atoms with Gasteiger partial charge in [-0.3, -0.25) is 9.78 Å². The maximum Gasteiger partial charge on any atom is 0.250 e. The maximum atomic E-state index is 11.1. The first-order chi connectivity index (χ1) is 8.24. The molecule has 2 aromatic rings. The molecule has 0 fully saturated rings. The van der Waals surface area contributed by atoms with Crippen molar-refractivity contribution in [2.24, 2.45) is 5.73 Å². The Bertz CT molecular complexity index is 672. The SMILES string of the molecule is NC(=O)c1ccc2c3nc(ccccn2c1)C3. The molecule has 4 rings (SSSR count). The first-order valence-corrected chi connectivity index (χ1v) is 5.38. The zero-order valence-electron chi connectivity index (χ0n) is 9.13. The number of pyridine rings is 1. The highest BCUT2D eigenvalue weighted by Crippen LogP contribution is 2.18. The Balaban J connectivity index is 2.37. The topological polar surface area (TPSA) is 60.4 Å². The van der Waals surface area contributed by atoms with E-state index >= 15 is 0 Å². The Morgan fingerprint density at radius 1 is 1.29 bits per heavy atom. The van der Waals surface area contributed by atoms with Gasteiger partial charge in [-0.2, -0.15) is 0 Å². The lowest BCUT2D eigenvalue weighted by molar-refractivity contribution is 0.1000. The molecule has 0 spiro atoms. The van der Waals surface area contributed by atoms with Crippen LogP contribution < -0.4 is 5.73 Å². The number of carbonyl (C=O) groups excluding carboxylic acids is 1. The van der Waals surface area contributed by atoms with Gasteiger partial charge in [0, 0.05) is 24.5 Å². The normalized spacial score (nSPS) is 11.8. The van der Waals surface area contributed by atoms with Crippen LogP contribution in [0.1, 0.15) is 21.7 Å². The molecule has 0 aliphatic carbocycles. The summed E-state index contributed by atoms with van der Waals surface area (Å²) in [7, 11) is 0. The smallest absolute Gasteiger partial charge is 0.250 e. The Kier molecular flexibility index (Phi) is 2.08. The molecule has 4 nitrogen and oxygen atoms in total. The van der Waals surface area contributed by atoms with E-state index in [2.05, 4.69) is 4.98 Å². The quantitative estimate of drug-likeness (QED) is 0.681. The van der Waals surface area contributed by atoms with Crippen molar-refractivity contribution in [2.75, 3.05) is 0 Å². The number of rotatable bonds is 1. The fourth-order valence-electron chi connectivity index (χ4n) is 1.92. The van der Waals surface area contributed by atoms with Crippen molar-refractivity contribution < 1.29 is 4.79 Å². The minimum Gasteiger partial charge on any atom is -0.366 e. The first kappa shape index (κ1) is 9.84. The number of nitrogens with two attached hydrogens (primary N) is 1. The highest BCUT2D eigenvalue weighted by molar-refractivity contribution is 5.92. The van der Waals surface area contributed by atoms with Gasteiger partial charge in [0.25, 0.3) is 0 Å². The van der Waals surface area contributed by atoms with E-state index in [9.17, 15) is 4.79 Å². The Labute approximate surface area is 98.0 Å². The molecule has 2 bridgehead atoms. The van der Waals surface area contributed by atoms with Crippen LogP contribution in [0.2, 0.25) is 0 Å². The van der Waals surface area contributed by atoms with Gasteiger partial charge < -0.3 is 10.1 Å². The summed E-state index contributed by atoms with van der Waals surface area (Å²) in [6.07, 6.45) is 4.49. The van der Waals surface area contributed by atoms with Crippen LogP contribution in [0.3, 0.4) is 0 Å². The summed E-state index contributed by atoms with van der Waals surface area (Å²) in [5.74, 6) is -0.424. The van der Waals surface area contributed by atoms with Crippen molar-refractivity contribution in [2.45, 2.75) is 6.42 Å². The highest BCUT2D eigenvalue weighted by Gasteiger charge is 2.11. The molecule has 0 atom stereocenters. The lowest BCUT2D eigenvalue weighted by Crippen LogP contribution is -2.12. The van der Waals surface area contributed by atoms with E-state index in [0.29, 0.717) is 5.56 Å². The summed E-state index contributed by atoms with van der Waals surface area (Å²) in [4.78, 5) is 15.6. The Morgan fingerprint density at radius 3 is 2.88 bits per heavy atom. The van der Waals surface area contributed by atoms with Crippen molar-refractivity contribution in [3.8, 4) is 0 Å². The number of hydrogen-bond donors (Lipinski definition) is 1. The zero-order valence-corrected chi connectivity index (χ0v) is 9.13. The molecule has 4 heteroatoms. The molecule has 0 saturated carbocycles. The van der Waals surface area contributed by atoms with Gasteiger partial charge in [0.2, 0.25) is 5.91 Å². The standard InChI is InChI=1S/C13H11N3O/c14-13(17)9-4-5-12-11-7-10(15-11)3-1-2-6-16(12)8-9/h1-6,8H,7H2,(H2,14,17). The molecule has 17 heavy (non-hydrogen) atoms. The summed E-state index contributed by atoms with van der Waals surface area (Å²) in [5.41, 5.74) is 8.87. The third kappa shape index (κ3) is 1.63. The van der Waals surface area contributed by atoms with E-state index in [-0.39, 0.29) is 0 Å². The molecule has 0 radical (unpaired) electrons. The second-order valence-electron chi connectivity index (χ2n) is 4.00. The van der Waals surface area contributed by atoms with Crippen LogP contribution in [0.4, 0.5) is 0 Å². The van der Waals surface area contributed by atoms with Gasteiger partial charge in [-0.25, -0.2) is 0 Å². The van der Waals surface area contributed by atoms with Crippen molar-refractivity contribution in [3.05, 3.63) is 59.7 Å². The number of primary amides is 1. The summed E-state index contributed by atoms with van der Waals surface area (Å²) < 4.78 is 1.88. The van der Waals surface area contributed by atoms with Gasteiger partial charge in [-0.05, 0) is 24.3 Å². The minimum absolute atomic E-state index is 0.424.